The van der Waals surface area contributed by atoms with E-state index in [1.54, 1.807) is 0 Å². The second-order valence-electron chi connectivity index (χ2n) is 3.24. The van der Waals surface area contributed by atoms with Gasteiger partial charge in [-0.1, -0.05) is 0 Å². The third kappa shape index (κ3) is 2.57. The Morgan fingerprint density at radius 2 is 2.46 bits per heavy atom. The highest BCUT2D eigenvalue weighted by atomic mass is 16.5. The van der Waals surface area contributed by atoms with Gasteiger partial charge in [0.05, 0.1) is 12.6 Å². The lowest BCUT2D eigenvalue weighted by molar-refractivity contribution is 0.0790. The molecule has 1 fully saturated rings. The van der Waals surface area contributed by atoms with Crippen molar-refractivity contribution >= 4 is 6.09 Å². The third-order valence-corrected chi connectivity index (χ3v) is 2.21. The minimum atomic E-state index is -0.905. The lowest BCUT2D eigenvalue weighted by Gasteiger charge is -2.20. The summed E-state index contributed by atoms with van der Waals surface area (Å²) in [5, 5.41) is 8.82. The zero-order chi connectivity index (χ0) is 9.84. The SMILES string of the molecule is CCOC[C@@H]1C[C@@H](N)CN1C(=O)O. The van der Waals surface area contributed by atoms with E-state index < -0.39 is 6.09 Å². The van der Waals surface area contributed by atoms with Gasteiger partial charge in [-0.05, 0) is 13.3 Å². The van der Waals surface area contributed by atoms with E-state index in [1.165, 1.54) is 4.90 Å². The van der Waals surface area contributed by atoms with Crippen molar-refractivity contribution in [3.05, 3.63) is 0 Å². The van der Waals surface area contributed by atoms with Crippen LogP contribution >= 0.6 is 0 Å². The molecule has 1 heterocycles. The number of amides is 1. The largest absolute Gasteiger partial charge is 0.465 e. The number of hydrogen-bond acceptors (Lipinski definition) is 3. The maximum Gasteiger partial charge on any atom is 0.407 e. The Balaban J connectivity index is 2.45. The minimum absolute atomic E-state index is 0.0402. The number of ether oxygens (including phenoxy) is 1. The molecule has 1 rings (SSSR count). The molecule has 0 spiro atoms. The van der Waals surface area contributed by atoms with Gasteiger partial charge in [0, 0.05) is 19.2 Å². The Hall–Kier alpha value is -0.810. The summed E-state index contributed by atoms with van der Waals surface area (Å²) in [5.41, 5.74) is 5.66. The molecule has 1 saturated heterocycles. The summed E-state index contributed by atoms with van der Waals surface area (Å²) >= 11 is 0. The fraction of sp³-hybridized carbons (Fsp3) is 0.875. The summed E-state index contributed by atoms with van der Waals surface area (Å²) < 4.78 is 5.19. The van der Waals surface area contributed by atoms with Crippen LogP contribution in [0.4, 0.5) is 4.79 Å². The minimum Gasteiger partial charge on any atom is -0.465 e. The van der Waals surface area contributed by atoms with E-state index in [4.69, 9.17) is 15.6 Å². The van der Waals surface area contributed by atoms with Crippen molar-refractivity contribution in [3.8, 4) is 0 Å². The molecule has 1 aliphatic rings. The van der Waals surface area contributed by atoms with E-state index in [1.807, 2.05) is 6.92 Å². The molecule has 0 bridgehead atoms. The Morgan fingerprint density at radius 1 is 1.77 bits per heavy atom. The molecule has 1 aliphatic heterocycles. The van der Waals surface area contributed by atoms with Crippen molar-refractivity contribution in [1.29, 1.82) is 0 Å². The van der Waals surface area contributed by atoms with Gasteiger partial charge < -0.3 is 20.5 Å². The second-order valence-corrected chi connectivity index (χ2v) is 3.24. The molecular weight excluding hydrogens is 172 g/mol. The van der Waals surface area contributed by atoms with Crippen LogP contribution in [0.1, 0.15) is 13.3 Å². The summed E-state index contributed by atoms with van der Waals surface area (Å²) in [5.74, 6) is 0. The smallest absolute Gasteiger partial charge is 0.407 e. The zero-order valence-electron chi connectivity index (χ0n) is 7.77. The van der Waals surface area contributed by atoms with E-state index in [0.29, 0.717) is 26.2 Å². The molecule has 0 aromatic heterocycles. The standard InChI is InChI=1S/C8H16N2O3/c1-2-13-5-7-3-6(9)4-10(7)8(11)12/h6-7H,2-5,9H2,1H3,(H,11,12)/t6-,7+/m1/s1. The highest BCUT2D eigenvalue weighted by Gasteiger charge is 2.33. The second kappa shape index (κ2) is 4.43. The van der Waals surface area contributed by atoms with Crippen LogP contribution in [0.3, 0.4) is 0 Å². The highest BCUT2D eigenvalue weighted by molar-refractivity contribution is 5.66. The first-order valence-corrected chi connectivity index (χ1v) is 4.48. The number of likely N-dealkylation sites (tertiary alicyclic amines) is 1. The summed E-state index contributed by atoms with van der Waals surface area (Å²) in [4.78, 5) is 12.1. The van der Waals surface area contributed by atoms with Crippen LogP contribution in [-0.2, 0) is 4.74 Å². The Labute approximate surface area is 77.5 Å². The predicted molar refractivity (Wildman–Crippen MR) is 47.6 cm³/mol. The third-order valence-electron chi connectivity index (χ3n) is 2.21. The van der Waals surface area contributed by atoms with Gasteiger partial charge >= 0.3 is 6.09 Å². The number of carbonyl (C=O) groups is 1. The summed E-state index contributed by atoms with van der Waals surface area (Å²) in [6.07, 6.45) is -0.204. The fourth-order valence-corrected chi connectivity index (χ4v) is 1.60. The monoisotopic (exact) mass is 188 g/mol. The Kier molecular flexibility index (Phi) is 3.50. The normalized spacial score (nSPS) is 28.0. The maximum absolute atomic E-state index is 10.7. The molecule has 0 aliphatic carbocycles. The van der Waals surface area contributed by atoms with Crippen LogP contribution in [0.25, 0.3) is 0 Å². The molecule has 76 valence electrons. The quantitative estimate of drug-likeness (QED) is 0.658. The molecule has 3 N–H and O–H groups in total. The molecule has 0 aromatic carbocycles. The molecular formula is C8H16N2O3. The van der Waals surface area contributed by atoms with Crippen LogP contribution in [0.15, 0.2) is 0 Å². The maximum atomic E-state index is 10.7. The summed E-state index contributed by atoms with van der Waals surface area (Å²) in [7, 11) is 0. The van der Waals surface area contributed by atoms with E-state index in [2.05, 4.69) is 0 Å². The number of rotatable bonds is 3. The van der Waals surface area contributed by atoms with Crippen molar-refractivity contribution in [2.24, 2.45) is 5.73 Å². The zero-order valence-corrected chi connectivity index (χ0v) is 7.77. The van der Waals surface area contributed by atoms with Crippen molar-refractivity contribution in [2.45, 2.75) is 25.4 Å². The summed E-state index contributed by atoms with van der Waals surface area (Å²) in [6, 6.07) is -0.103. The molecule has 5 nitrogen and oxygen atoms in total. The lowest BCUT2D eigenvalue weighted by Crippen LogP contribution is -2.37. The van der Waals surface area contributed by atoms with E-state index >= 15 is 0 Å². The van der Waals surface area contributed by atoms with Gasteiger partial charge in [-0.15, -0.1) is 0 Å². The van der Waals surface area contributed by atoms with E-state index in [0.717, 1.165) is 0 Å². The van der Waals surface area contributed by atoms with Crippen molar-refractivity contribution < 1.29 is 14.6 Å². The highest BCUT2D eigenvalue weighted by Crippen LogP contribution is 2.16. The Bertz CT molecular complexity index is 186. The van der Waals surface area contributed by atoms with Crippen LogP contribution < -0.4 is 5.73 Å². The lowest BCUT2D eigenvalue weighted by atomic mass is 10.2. The first-order chi connectivity index (χ1) is 6.15. The van der Waals surface area contributed by atoms with Gasteiger partial charge in [-0.25, -0.2) is 4.79 Å². The van der Waals surface area contributed by atoms with Crippen molar-refractivity contribution in [3.63, 3.8) is 0 Å². The van der Waals surface area contributed by atoms with Gasteiger partial charge in [0.15, 0.2) is 0 Å². The van der Waals surface area contributed by atoms with E-state index in [9.17, 15) is 4.79 Å². The van der Waals surface area contributed by atoms with Crippen molar-refractivity contribution in [2.75, 3.05) is 19.8 Å². The molecule has 13 heavy (non-hydrogen) atoms. The molecule has 0 radical (unpaired) electrons. The molecule has 1 amide bonds. The van der Waals surface area contributed by atoms with Crippen LogP contribution in [0.2, 0.25) is 0 Å². The van der Waals surface area contributed by atoms with Gasteiger partial charge in [-0.3, -0.25) is 0 Å². The number of nitrogens with zero attached hydrogens (tertiary/aromatic N) is 1. The van der Waals surface area contributed by atoms with Gasteiger partial charge in [0.2, 0.25) is 0 Å². The number of carboxylic acid groups (broad SMARTS) is 1. The van der Waals surface area contributed by atoms with Gasteiger partial charge in [-0.2, -0.15) is 0 Å². The number of hydrogen-bond donors (Lipinski definition) is 2. The molecule has 0 saturated carbocycles. The van der Waals surface area contributed by atoms with Gasteiger partial charge in [0.25, 0.3) is 0 Å². The van der Waals surface area contributed by atoms with Crippen LogP contribution in [0, 0.1) is 0 Å². The first-order valence-electron chi connectivity index (χ1n) is 4.48. The van der Waals surface area contributed by atoms with E-state index in [-0.39, 0.29) is 12.1 Å². The first kappa shape index (κ1) is 10.3. The van der Waals surface area contributed by atoms with Crippen LogP contribution in [-0.4, -0.2) is 47.9 Å². The number of nitrogens with two attached hydrogens (primary N) is 1. The van der Waals surface area contributed by atoms with Crippen LogP contribution in [0.5, 0.6) is 0 Å². The molecule has 0 unspecified atom stereocenters. The average Bonchev–Trinajstić information content (AvgIpc) is 2.43. The van der Waals surface area contributed by atoms with Crippen molar-refractivity contribution in [1.82, 2.24) is 4.90 Å². The fourth-order valence-electron chi connectivity index (χ4n) is 1.60. The summed E-state index contributed by atoms with van der Waals surface area (Å²) in [6.45, 7) is 3.38. The predicted octanol–water partition coefficient (Wildman–Crippen LogP) is 0.103. The topological polar surface area (TPSA) is 75.8 Å². The average molecular weight is 188 g/mol. The molecule has 5 heteroatoms. The molecule has 0 aromatic rings. The molecule has 2 atom stereocenters. The van der Waals surface area contributed by atoms with Gasteiger partial charge in [0.1, 0.15) is 0 Å². The Morgan fingerprint density at radius 3 is 3.00 bits per heavy atom.